The van der Waals surface area contributed by atoms with Crippen LogP contribution in [0, 0.1) is 5.92 Å². The maximum Gasteiger partial charge on any atom is 0.244 e. The Bertz CT molecular complexity index is 706. The fourth-order valence-electron chi connectivity index (χ4n) is 3.46. The van der Waals surface area contributed by atoms with Crippen molar-refractivity contribution < 1.29 is 9.90 Å². The Labute approximate surface area is 155 Å². The van der Waals surface area contributed by atoms with E-state index >= 15 is 0 Å². The highest BCUT2D eigenvalue weighted by Crippen LogP contribution is 2.23. The van der Waals surface area contributed by atoms with Crippen molar-refractivity contribution in [1.82, 2.24) is 15.2 Å². The van der Waals surface area contributed by atoms with Crippen LogP contribution in [-0.2, 0) is 17.8 Å². The summed E-state index contributed by atoms with van der Waals surface area (Å²) in [5.41, 5.74) is 2.02. The van der Waals surface area contributed by atoms with E-state index in [9.17, 15) is 9.90 Å². The SMILES string of the molecule is CC(C)C1N[C@@H]([C@H](O)CCc2ccccc2)C(=O)N1Cc1ccccn1. The van der Waals surface area contributed by atoms with Gasteiger partial charge in [0, 0.05) is 6.20 Å². The van der Waals surface area contributed by atoms with E-state index in [2.05, 4.69) is 24.1 Å². The summed E-state index contributed by atoms with van der Waals surface area (Å²) in [5, 5.41) is 14.0. The Kier molecular flexibility index (Phi) is 6.01. The maximum absolute atomic E-state index is 13.0. The number of hydrogen-bond donors (Lipinski definition) is 2. The van der Waals surface area contributed by atoms with Crippen LogP contribution in [0.15, 0.2) is 54.7 Å². The van der Waals surface area contributed by atoms with Gasteiger partial charge in [-0.3, -0.25) is 15.1 Å². The third-order valence-corrected chi connectivity index (χ3v) is 4.88. The Balaban J connectivity index is 1.67. The molecule has 5 nitrogen and oxygen atoms in total. The zero-order valence-corrected chi connectivity index (χ0v) is 15.4. The number of nitrogens with zero attached hydrogens (tertiary/aromatic N) is 2. The summed E-state index contributed by atoms with van der Waals surface area (Å²) < 4.78 is 0. The number of benzene rings is 1. The first-order valence-corrected chi connectivity index (χ1v) is 9.24. The van der Waals surface area contributed by atoms with E-state index in [-0.39, 0.29) is 18.0 Å². The normalized spacial score (nSPS) is 21.4. The second-order valence-electron chi connectivity index (χ2n) is 7.21. The quantitative estimate of drug-likeness (QED) is 0.802. The smallest absolute Gasteiger partial charge is 0.244 e. The second-order valence-corrected chi connectivity index (χ2v) is 7.21. The van der Waals surface area contributed by atoms with Gasteiger partial charge in [-0.1, -0.05) is 50.2 Å². The molecular weight excluding hydrogens is 326 g/mol. The number of aliphatic hydroxyl groups excluding tert-OH is 1. The number of carbonyl (C=O) groups excluding carboxylic acids is 1. The fourth-order valence-corrected chi connectivity index (χ4v) is 3.46. The molecule has 0 radical (unpaired) electrons. The molecule has 1 aliphatic rings. The third-order valence-electron chi connectivity index (χ3n) is 4.88. The van der Waals surface area contributed by atoms with Crippen LogP contribution < -0.4 is 5.32 Å². The summed E-state index contributed by atoms with van der Waals surface area (Å²) in [6.07, 6.45) is 2.23. The summed E-state index contributed by atoms with van der Waals surface area (Å²) in [4.78, 5) is 19.1. The second kappa shape index (κ2) is 8.43. The molecule has 1 aromatic carbocycles. The molecule has 138 valence electrons. The summed E-state index contributed by atoms with van der Waals surface area (Å²) in [7, 11) is 0. The van der Waals surface area contributed by atoms with Crippen LogP contribution in [0.4, 0.5) is 0 Å². The predicted molar refractivity (Wildman–Crippen MR) is 101 cm³/mol. The number of rotatable bonds is 7. The molecule has 2 N–H and O–H groups in total. The van der Waals surface area contributed by atoms with Gasteiger partial charge in [0.05, 0.1) is 24.5 Å². The van der Waals surface area contributed by atoms with Crippen LogP contribution in [0.3, 0.4) is 0 Å². The molecule has 1 amide bonds. The molecule has 1 aromatic heterocycles. The minimum Gasteiger partial charge on any atom is -0.391 e. The van der Waals surface area contributed by atoms with Crippen molar-refractivity contribution in [1.29, 1.82) is 0 Å². The van der Waals surface area contributed by atoms with Crippen molar-refractivity contribution in [2.24, 2.45) is 5.92 Å². The molecule has 2 heterocycles. The van der Waals surface area contributed by atoms with E-state index in [4.69, 9.17) is 0 Å². The van der Waals surface area contributed by atoms with Gasteiger partial charge >= 0.3 is 0 Å². The first kappa shape index (κ1) is 18.5. The Morgan fingerprint density at radius 3 is 2.54 bits per heavy atom. The van der Waals surface area contributed by atoms with Gasteiger partial charge in [0.2, 0.25) is 5.91 Å². The molecule has 0 saturated carbocycles. The molecule has 1 fully saturated rings. The highest BCUT2D eigenvalue weighted by Gasteiger charge is 2.43. The largest absolute Gasteiger partial charge is 0.391 e. The van der Waals surface area contributed by atoms with Crippen LogP contribution in [-0.4, -0.2) is 39.2 Å². The molecule has 5 heteroatoms. The predicted octanol–water partition coefficient (Wildman–Crippen LogP) is 2.36. The van der Waals surface area contributed by atoms with E-state index < -0.39 is 12.1 Å². The number of hydrogen-bond acceptors (Lipinski definition) is 4. The summed E-state index contributed by atoms with van der Waals surface area (Å²) in [6, 6.07) is 15.2. The molecule has 0 aliphatic carbocycles. The van der Waals surface area contributed by atoms with E-state index in [1.807, 2.05) is 53.4 Å². The number of nitrogens with one attached hydrogen (secondary N) is 1. The molecule has 2 aromatic rings. The molecule has 3 atom stereocenters. The van der Waals surface area contributed by atoms with Crippen molar-refractivity contribution in [2.75, 3.05) is 0 Å². The van der Waals surface area contributed by atoms with E-state index in [1.54, 1.807) is 6.20 Å². The van der Waals surface area contributed by atoms with Crippen LogP contribution in [0.1, 0.15) is 31.5 Å². The lowest BCUT2D eigenvalue weighted by Gasteiger charge is -2.26. The van der Waals surface area contributed by atoms with Crippen LogP contribution in [0.25, 0.3) is 0 Å². The third kappa shape index (κ3) is 4.29. The van der Waals surface area contributed by atoms with E-state index in [0.717, 1.165) is 12.1 Å². The zero-order chi connectivity index (χ0) is 18.5. The summed E-state index contributed by atoms with van der Waals surface area (Å²) in [5.74, 6) is 0.198. The first-order valence-electron chi connectivity index (χ1n) is 9.24. The van der Waals surface area contributed by atoms with Crippen molar-refractivity contribution in [3.8, 4) is 0 Å². The van der Waals surface area contributed by atoms with Gasteiger partial charge in [-0.25, -0.2) is 0 Å². The van der Waals surface area contributed by atoms with Gasteiger partial charge in [0.15, 0.2) is 0 Å². The molecule has 26 heavy (non-hydrogen) atoms. The number of carbonyl (C=O) groups is 1. The topological polar surface area (TPSA) is 65.5 Å². The monoisotopic (exact) mass is 353 g/mol. The van der Waals surface area contributed by atoms with Gasteiger partial charge < -0.3 is 10.0 Å². The number of aromatic nitrogens is 1. The lowest BCUT2D eigenvalue weighted by Crippen LogP contribution is -2.43. The van der Waals surface area contributed by atoms with Crippen molar-refractivity contribution >= 4 is 5.91 Å². The van der Waals surface area contributed by atoms with Gasteiger partial charge in [-0.05, 0) is 36.5 Å². The Morgan fingerprint density at radius 1 is 1.15 bits per heavy atom. The fraction of sp³-hybridized carbons (Fsp3) is 0.429. The number of amides is 1. The number of aliphatic hydroxyl groups is 1. The average Bonchev–Trinajstić information content (AvgIpc) is 2.98. The van der Waals surface area contributed by atoms with Gasteiger partial charge in [0.25, 0.3) is 0 Å². The van der Waals surface area contributed by atoms with Crippen LogP contribution >= 0.6 is 0 Å². The highest BCUT2D eigenvalue weighted by molar-refractivity contribution is 5.85. The zero-order valence-electron chi connectivity index (χ0n) is 15.4. The minimum atomic E-state index is -0.710. The highest BCUT2D eigenvalue weighted by atomic mass is 16.3. The lowest BCUT2D eigenvalue weighted by atomic mass is 10.0. The number of pyridine rings is 1. The van der Waals surface area contributed by atoms with Crippen LogP contribution in [0.5, 0.6) is 0 Å². The Morgan fingerprint density at radius 2 is 1.88 bits per heavy atom. The Hall–Kier alpha value is -2.24. The molecule has 1 saturated heterocycles. The van der Waals surface area contributed by atoms with Crippen molar-refractivity contribution in [3.63, 3.8) is 0 Å². The van der Waals surface area contributed by atoms with Crippen molar-refractivity contribution in [3.05, 3.63) is 66.0 Å². The standard InChI is InChI=1S/C21H27N3O2/c1-15(2)20-23-19(18(25)12-11-16-8-4-3-5-9-16)21(26)24(20)14-17-10-6-7-13-22-17/h3-10,13,15,18-20,23,25H,11-12,14H2,1-2H3/t18-,19+,20?/m1/s1. The summed E-state index contributed by atoms with van der Waals surface area (Å²) >= 11 is 0. The van der Waals surface area contributed by atoms with E-state index in [1.165, 1.54) is 5.56 Å². The minimum absolute atomic E-state index is 0.0464. The van der Waals surface area contributed by atoms with E-state index in [0.29, 0.717) is 13.0 Å². The molecule has 0 bridgehead atoms. The van der Waals surface area contributed by atoms with Crippen molar-refractivity contribution in [2.45, 2.75) is 51.5 Å². The maximum atomic E-state index is 13.0. The molecule has 1 aliphatic heterocycles. The molecule has 1 unspecified atom stereocenters. The van der Waals surface area contributed by atoms with Crippen LogP contribution in [0.2, 0.25) is 0 Å². The summed E-state index contributed by atoms with van der Waals surface area (Å²) in [6.45, 7) is 4.61. The molecular formula is C21H27N3O2. The molecule has 0 spiro atoms. The lowest BCUT2D eigenvalue weighted by molar-refractivity contribution is -0.133. The average molecular weight is 353 g/mol. The van der Waals surface area contributed by atoms with Gasteiger partial charge in [0.1, 0.15) is 6.04 Å². The van der Waals surface area contributed by atoms with Gasteiger partial charge in [-0.15, -0.1) is 0 Å². The number of aryl methyl sites for hydroxylation is 1. The molecule has 3 rings (SSSR count). The first-order chi connectivity index (χ1) is 12.6. The van der Waals surface area contributed by atoms with Gasteiger partial charge in [-0.2, -0.15) is 0 Å².